The van der Waals surface area contributed by atoms with Crippen LogP contribution in [-0.4, -0.2) is 36.0 Å². The van der Waals surface area contributed by atoms with Crippen molar-refractivity contribution in [3.63, 3.8) is 0 Å². The molecule has 1 N–H and O–H groups in total. The number of aliphatic carboxylic acids is 1. The Morgan fingerprint density at radius 2 is 1.78 bits per heavy atom. The predicted octanol–water partition coefficient (Wildman–Crippen LogP) is 1.36. The lowest BCUT2D eigenvalue weighted by molar-refractivity contribution is -0.155. The first kappa shape index (κ1) is 14.0. The largest absolute Gasteiger partial charge is 0.496 e. The van der Waals surface area contributed by atoms with Crippen LogP contribution in [0.2, 0.25) is 0 Å². The molecule has 0 saturated carbocycles. The molecule has 0 fully saturated rings. The van der Waals surface area contributed by atoms with E-state index in [1.165, 1.54) is 11.9 Å². The van der Waals surface area contributed by atoms with E-state index in [-0.39, 0.29) is 6.54 Å². The minimum Gasteiger partial charge on any atom is -0.496 e. The highest BCUT2D eigenvalue weighted by molar-refractivity contribution is 6.31. The van der Waals surface area contributed by atoms with E-state index in [1.54, 1.807) is 7.11 Å². The highest BCUT2D eigenvalue weighted by atomic mass is 16.5. The number of carboxylic acid groups (broad SMARTS) is 1. The average Bonchev–Trinajstić information content (AvgIpc) is 2.27. The maximum Gasteiger partial charge on any atom is 0.394 e. The SMILES string of the molecule is COc1c(C)cc(CN(C)C(=O)C(=O)O)cc1C. The van der Waals surface area contributed by atoms with Gasteiger partial charge in [0.1, 0.15) is 5.75 Å². The van der Waals surface area contributed by atoms with E-state index < -0.39 is 11.9 Å². The van der Waals surface area contributed by atoms with Crippen LogP contribution in [0.4, 0.5) is 0 Å². The van der Waals surface area contributed by atoms with Gasteiger partial charge < -0.3 is 14.7 Å². The number of likely N-dealkylation sites (N-methyl/N-ethyl adjacent to an activating group) is 1. The Hall–Kier alpha value is -2.04. The van der Waals surface area contributed by atoms with E-state index in [0.29, 0.717) is 0 Å². The van der Waals surface area contributed by atoms with Crippen LogP contribution in [0.5, 0.6) is 5.75 Å². The molecule has 0 unspecified atom stereocenters. The zero-order valence-corrected chi connectivity index (χ0v) is 11.0. The smallest absolute Gasteiger partial charge is 0.394 e. The lowest BCUT2D eigenvalue weighted by atomic mass is 10.1. The summed E-state index contributed by atoms with van der Waals surface area (Å²) in [6.07, 6.45) is 0. The number of amides is 1. The fourth-order valence-corrected chi connectivity index (χ4v) is 1.96. The molecule has 1 aromatic rings. The van der Waals surface area contributed by atoms with Crippen molar-refractivity contribution in [1.29, 1.82) is 0 Å². The third-order valence-electron chi connectivity index (χ3n) is 2.67. The summed E-state index contributed by atoms with van der Waals surface area (Å²) in [5.74, 6) is -1.55. The van der Waals surface area contributed by atoms with E-state index in [4.69, 9.17) is 9.84 Å². The standard InChI is InChI=1S/C13H17NO4/c1-8-5-10(6-9(2)11(8)18-4)7-14(3)12(15)13(16)17/h5-6H,7H2,1-4H3,(H,16,17). The number of aryl methyl sites for hydroxylation is 2. The number of methoxy groups -OCH3 is 1. The number of hydrogen-bond donors (Lipinski definition) is 1. The van der Waals surface area contributed by atoms with Gasteiger partial charge >= 0.3 is 11.9 Å². The van der Waals surface area contributed by atoms with E-state index in [0.717, 1.165) is 22.4 Å². The number of carboxylic acids is 1. The summed E-state index contributed by atoms with van der Waals surface area (Å²) < 4.78 is 5.25. The van der Waals surface area contributed by atoms with Crippen molar-refractivity contribution in [1.82, 2.24) is 4.90 Å². The molecule has 5 heteroatoms. The Bertz CT molecular complexity index is 459. The van der Waals surface area contributed by atoms with Gasteiger partial charge in [-0.3, -0.25) is 4.79 Å². The Kier molecular flexibility index (Phi) is 4.31. The van der Waals surface area contributed by atoms with Crippen molar-refractivity contribution < 1.29 is 19.4 Å². The first-order valence-corrected chi connectivity index (χ1v) is 5.49. The van der Waals surface area contributed by atoms with Crippen molar-refractivity contribution >= 4 is 11.9 Å². The fraction of sp³-hybridized carbons (Fsp3) is 0.385. The summed E-state index contributed by atoms with van der Waals surface area (Å²) in [7, 11) is 3.07. The summed E-state index contributed by atoms with van der Waals surface area (Å²) >= 11 is 0. The van der Waals surface area contributed by atoms with Crippen LogP contribution < -0.4 is 4.74 Å². The molecule has 0 atom stereocenters. The normalized spacial score (nSPS) is 10.0. The number of ether oxygens (including phenoxy) is 1. The number of hydrogen-bond acceptors (Lipinski definition) is 3. The number of carbonyl (C=O) groups excluding carboxylic acids is 1. The van der Waals surface area contributed by atoms with Gasteiger partial charge in [-0.15, -0.1) is 0 Å². The molecule has 0 heterocycles. The summed E-state index contributed by atoms with van der Waals surface area (Å²) in [4.78, 5) is 23.0. The second kappa shape index (κ2) is 5.53. The number of benzene rings is 1. The molecule has 1 amide bonds. The molecule has 5 nitrogen and oxygen atoms in total. The molecule has 98 valence electrons. The van der Waals surface area contributed by atoms with Crippen LogP contribution in [0, 0.1) is 13.8 Å². The van der Waals surface area contributed by atoms with Gasteiger partial charge in [-0.1, -0.05) is 12.1 Å². The zero-order valence-electron chi connectivity index (χ0n) is 11.0. The van der Waals surface area contributed by atoms with Crippen molar-refractivity contribution in [2.24, 2.45) is 0 Å². The van der Waals surface area contributed by atoms with Gasteiger partial charge in [-0.2, -0.15) is 0 Å². The van der Waals surface area contributed by atoms with E-state index in [9.17, 15) is 9.59 Å². The van der Waals surface area contributed by atoms with Crippen LogP contribution in [0.15, 0.2) is 12.1 Å². The first-order chi connectivity index (χ1) is 8.36. The Balaban J connectivity index is 2.93. The van der Waals surface area contributed by atoms with Crippen molar-refractivity contribution in [3.05, 3.63) is 28.8 Å². The number of nitrogens with zero attached hydrogens (tertiary/aromatic N) is 1. The lowest BCUT2D eigenvalue weighted by Crippen LogP contribution is -2.32. The zero-order chi connectivity index (χ0) is 13.9. The third-order valence-corrected chi connectivity index (χ3v) is 2.67. The van der Waals surface area contributed by atoms with Crippen molar-refractivity contribution in [2.75, 3.05) is 14.2 Å². The lowest BCUT2D eigenvalue weighted by Gasteiger charge is -2.17. The number of carbonyl (C=O) groups is 2. The number of rotatable bonds is 3. The quantitative estimate of drug-likeness (QED) is 0.823. The second-order valence-electron chi connectivity index (χ2n) is 4.23. The van der Waals surface area contributed by atoms with Crippen LogP contribution in [0.25, 0.3) is 0 Å². The predicted molar refractivity (Wildman–Crippen MR) is 66.6 cm³/mol. The second-order valence-corrected chi connectivity index (χ2v) is 4.23. The molecule has 1 aromatic carbocycles. The van der Waals surface area contributed by atoms with Crippen LogP contribution in [0.1, 0.15) is 16.7 Å². The molecular formula is C13H17NO4. The molecular weight excluding hydrogens is 234 g/mol. The molecule has 1 rings (SSSR count). The summed E-state index contributed by atoms with van der Waals surface area (Å²) in [5, 5.41) is 8.61. The Labute approximate surface area is 106 Å². The minimum atomic E-state index is -1.44. The summed E-state index contributed by atoms with van der Waals surface area (Å²) in [6, 6.07) is 3.77. The molecule has 0 bridgehead atoms. The fourth-order valence-electron chi connectivity index (χ4n) is 1.96. The molecule has 0 spiro atoms. The van der Waals surface area contributed by atoms with Gasteiger partial charge in [0.2, 0.25) is 0 Å². The van der Waals surface area contributed by atoms with E-state index in [2.05, 4.69) is 0 Å². The van der Waals surface area contributed by atoms with Crippen LogP contribution in [-0.2, 0) is 16.1 Å². The molecule has 0 radical (unpaired) electrons. The molecule has 0 aliphatic carbocycles. The third kappa shape index (κ3) is 3.00. The molecule has 0 saturated heterocycles. The van der Waals surface area contributed by atoms with Gasteiger partial charge in [-0.05, 0) is 30.5 Å². The molecule has 0 aromatic heterocycles. The monoisotopic (exact) mass is 251 g/mol. The van der Waals surface area contributed by atoms with E-state index in [1.807, 2.05) is 26.0 Å². The molecule has 18 heavy (non-hydrogen) atoms. The van der Waals surface area contributed by atoms with Gasteiger partial charge in [0.15, 0.2) is 0 Å². The topological polar surface area (TPSA) is 66.8 Å². The van der Waals surface area contributed by atoms with Crippen molar-refractivity contribution in [3.8, 4) is 5.75 Å². The van der Waals surface area contributed by atoms with Crippen LogP contribution in [0.3, 0.4) is 0 Å². The maximum atomic E-state index is 11.2. The molecule has 0 aliphatic rings. The summed E-state index contributed by atoms with van der Waals surface area (Å²) in [5.41, 5.74) is 2.80. The summed E-state index contributed by atoms with van der Waals surface area (Å²) in [6.45, 7) is 4.08. The van der Waals surface area contributed by atoms with Gasteiger partial charge in [0.25, 0.3) is 0 Å². The average molecular weight is 251 g/mol. The van der Waals surface area contributed by atoms with Gasteiger partial charge in [0.05, 0.1) is 7.11 Å². The van der Waals surface area contributed by atoms with Gasteiger partial charge in [0, 0.05) is 13.6 Å². The Morgan fingerprint density at radius 3 is 2.17 bits per heavy atom. The molecule has 0 aliphatic heterocycles. The Morgan fingerprint density at radius 1 is 1.28 bits per heavy atom. The van der Waals surface area contributed by atoms with E-state index >= 15 is 0 Å². The van der Waals surface area contributed by atoms with Crippen molar-refractivity contribution in [2.45, 2.75) is 20.4 Å². The first-order valence-electron chi connectivity index (χ1n) is 5.49. The minimum absolute atomic E-state index is 0.261. The van der Waals surface area contributed by atoms with Gasteiger partial charge in [-0.25, -0.2) is 4.79 Å². The highest BCUT2D eigenvalue weighted by Crippen LogP contribution is 2.24. The maximum absolute atomic E-state index is 11.2. The van der Waals surface area contributed by atoms with Crippen LogP contribution >= 0.6 is 0 Å². The highest BCUT2D eigenvalue weighted by Gasteiger charge is 2.17.